The quantitative estimate of drug-likeness (QED) is 0.650. The van der Waals surface area contributed by atoms with Crippen LogP contribution in [-0.2, 0) is 36.1 Å². The molecule has 0 unspecified atom stereocenters. The largest absolute Gasteiger partial charge is 0.481 e. The average molecular weight is 312 g/mol. The predicted octanol–water partition coefficient (Wildman–Crippen LogP) is 2.61. The molecule has 0 aromatic heterocycles. The van der Waals surface area contributed by atoms with E-state index in [1.54, 1.807) is 0 Å². The van der Waals surface area contributed by atoms with E-state index in [2.05, 4.69) is 0 Å². The number of aliphatic carboxylic acids is 3. The third-order valence-corrected chi connectivity index (χ3v) is 1.39. The monoisotopic (exact) mass is 312 g/mol. The maximum Gasteiger partial charge on any atom is 0.303 e. The molecule has 0 radical (unpaired) electrons. The van der Waals surface area contributed by atoms with Gasteiger partial charge in [-0.15, -0.1) is 0 Å². The molecule has 0 saturated heterocycles. The normalized spacial score (nSPS) is 7.74. The SMILES string of the molecule is CCCC(=O)O.CCCC(=O)O.CCCC(=O)O.[Ti]. The van der Waals surface area contributed by atoms with Gasteiger partial charge >= 0.3 is 17.9 Å². The zero-order valence-corrected chi connectivity index (χ0v) is 13.4. The van der Waals surface area contributed by atoms with E-state index in [0.717, 1.165) is 19.3 Å². The summed E-state index contributed by atoms with van der Waals surface area (Å²) < 4.78 is 0. The second kappa shape index (κ2) is 22.3. The van der Waals surface area contributed by atoms with Gasteiger partial charge in [-0.2, -0.15) is 0 Å². The van der Waals surface area contributed by atoms with Crippen LogP contribution in [0.2, 0.25) is 0 Å². The van der Waals surface area contributed by atoms with Crippen LogP contribution >= 0.6 is 0 Å². The van der Waals surface area contributed by atoms with Crippen molar-refractivity contribution in [3.63, 3.8) is 0 Å². The summed E-state index contributed by atoms with van der Waals surface area (Å²) in [5, 5.41) is 23.7. The zero-order valence-electron chi connectivity index (χ0n) is 11.8. The first-order valence-electron chi connectivity index (χ1n) is 5.97. The van der Waals surface area contributed by atoms with Crippen LogP contribution in [0, 0.1) is 0 Å². The first kappa shape index (κ1) is 26.6. The van der Waals surface area contributed by atoms with Gasteiger partial charge in [0.1, 0.15) is 0 Å². The maximum absolute atomic E-state index is 9.60. The average Bonchev–Trinajstić information content (AvgIpc) is 2.18. The molecule has 0 fully saturated rings. The number of carboxylic acid groups (broad SMARTS) is 3. The summed E-state index contributed by atoms with van der Waals surface area (Å²) in [6, 6.07) is 0. The van der Waals surface area contributed by atoms with Crippen molar-refractivity contribution in [2.45, 2.75) is 59.3 Å². The summed E-state index contributed by atoms with van der Waals surface area (Å²) in [6.45, 7) is 5.52. The number of carboxylic acids is 3. The minimum Gasteiger partial charge on any atom is -0.481 e. The number of hydrogen-bond donors (Lipinski definition) is 3. The van der Waals surface area contributed by atoms with Gasteiger partial charge in [0.05, 0.1) is 0 Å². The van der Waals surface area contributed by atoms with Gasteiger partial charge in [0, 0.05) is 41.0 Å². The molecule has 0 aliphatic heterocycles. The zero-order chi connectivity index (χ0) is 15.0. The Labute approximate surface area is 129 Å². The molecule has 0 rings (SSSR count). The molecule has 0 bridgehead atoms. The van der Waals surface area contributed by atoms with Crippen molar-refractivity contribution in [2.75, 3.05) is 0 Å². The van der Waals surface area contributed by atoms with Crippen molar-refractivity contribution in [2.24, 2.45) is 0 Å². The Morgan fingerprint density at radius 1 is 0.632 bits per heavy atom. The van der Waals surface area contributed by atoms with Crippen LogP contribution in [0.25, 0.3) is 0 Å². The molecule has 112 valence electrons. The van der Waals surface area contributed by atoms with Gasteiger partial charge in [-0.25, -0.2) is 0 Å². The Kier molecular flexibility index (Phi) is 31.3. The Balaban J connectivity index is -0.0000000865. The molecule has 0 aliphatic carbocycles. The summed E-state index contributed by atoms with van der Waals surface area (Å²) in [4.78, 5) is 28.8. The fraction of sp³-hybridized carbons (Fsp3) is 0.750. The molecular formula is C12H24O6Ti. The minimum atomic E-state index is -0.711. The van der Waals surface area contributed by atoms with Gasteiger partial charge < -0.3 is 15.3 Å². The van der Waals surface area contributed by atoms with E-state index >= 15 is 0 Å². The molecule has 19 heavy (non-hydrogen) atoms. The molecule has 0 aromatic carbocycles. The van der Waals surface area contributed by atoms with Gasteiger partial charge in [0.25, 0.3) is 0 Å². The van der Waals surface area contributed by atoms with Crippen molar-refractivity contribution in [1.82, 2.24) is 0 Å². The molecule has 0 saturated carbocycles. The van der Waals surface area contributed by atoms with E-state index in [4.69, 9.17) is 15.3 Å². The Morgan fingerprint density at radius 2 is 0.789 bits per heavy atom. The molecule has 0 aliphatic rings. The fourth-order valence-electron chi connectivity index (χ4n) is 0.642. The van der Waals surface area contributed by atoms with Gasteiger partial charge in [-0.1, -0.05) is 20.8 Å². The summed E-state index contributed by atoms with van der Waals surface area (Å²) in [5.41, 5.74) is 0. The summed E-state index contributed by atoms with van der Waals surface area (Å²) in [5.74, 6) is -2.13. The predicted molar refractivity (Wildman–Crippen MR) is 67.6 cm³/mol. The van der Waals surface area contributed by atoms with E-state index in [0.29, 0.717) is 19.3 Å². The van der Waals surface area contributed by atoms with Crippen LogP contribution in [0.3, 0.4) is 0 Å². The van der Waals surface area contributed by atoms with Crippen LogP contribution in [-0.4, -0.2) is 33.2 Å². The van der Waals surface area contributed by atoms with Crippen LogP contribution in [0.5, 0.6) is 0 Å². The molecular weight excluding hydrogens is 288 g/mol. The molecule has 0 aromatic rings. The third kappa shape index (κ3) is 59.3. The van der Waals surface area contributed by atoms with Crippen molar-refractivity contribution < 1.29 is 51.4 Å². The number of rotatable bonds is 6. The van der Waals surface area contributed by atoms with Gasteiger partial charge in [-0.05, 0) is 19.3 Å². The molecule has 6 nitrogen and oxygen atoms in total. The fourth-order valence-corrected chi connectivity index (χ4v) is 0.642. The smallest absolute Gasteiger partial charge is 0.303 e. The van der Waals surface area contributed by atoms with E-state index < -0.39 is 17.9 Å². The Morgan fingerprint density at radius 3 is 0.789 bits per heavy atom. The number of carbonyl (C=O) groups is 3. The van der Waals surface area contributed by atoms with Crippen LogP contribution in [0.4, 0.5) is 0 Å². The Bertz CT molecular complexity index is 192. The van der Waals surface area contributed by atoms with Crippen LogP contribution in [0.1, 0.15) is 59.3 Å². The summed E-state index contributed by atoms with van der Waals surface area (Å²) in [7, 11) is 0. The molecule has 3 N–H and O–H groups in total. The molecule has 0 spiro atoms. The van der Waals surface area contributed by atoms with E-state index in [1.165, 1.54) is 0 Å². The summed E-state index contributed by atoms with van der Waals surface area (Å²) in [6.07, 6.45) is 3.07. The second-order valence-corrected chi connectivity index (χ2v) is 3.43. The van der Waals surface area contributed by atoms with Crippen LogP contribution < -0.4 is 0 Å². The van der Waals surface area contributed by atoms with Gasteiger partial charge in [0.2, 0.25) is 0 Å². The third-order valence-electron chi connectivity index (χ3n) is 1.39. The van der Waals surface area contributed by atoms with Gasteiger partial charge in [-0.3, -0.25) is 14.4 Å². The maximum atomic E-state index is 9.60. The van der Waals surface area contributed by atoms with Gasteiger partial charge in [0.15, 0.2) is 0 Å². The minimum absolute atomic E-state index is 0. The number of hydrogen-bond acceptors (Lipinski definition) is 3. The second-order valence-electron chi connectivity index (χ2n) is 3.43. The first-order chi connectivity index (χ1) is 8.31. The molecule has 0 heterocycles. The Hall–Kier alpha value is -0.876. The van der Waals surface area contributed by atoms with Crippen molar-refractivity contribution in [3.05, 3.63) is 0 Å². The van der Waals surface area contributed by atoms with E-state index in [-0.39, 0.29) is 21.7 Å². The molecule has 0 amide bonds. The first-order valence-corrected chi connectivity index (χ1v) is 5.97. The van der Waals surface area contributed by atoms with Crippen molar-refractivity contribution in [3.8, 4) is 0 Å². The van der Waals surface area contributed by atoms with E-state index in [1.807, 2.05) is 20.8 Å². The topological polar surface area (TPSA) is 112 Å². The van der Waals surface area contributed by atoms with Crippen LogP contribution in [0.15, 0.2) is 0 Å². The molecule has 7 heteroatoms. The summed E-state index contributed by atoms with van der Waals surface area (Å²) >= 11 is 0. The van der Waals surface area contributed by atoms with E-state index in [9.17, 15) is 14.4 Å². The molecule has 0 atom stereocenters. The standard InChI is InChI=1S/3C4H8O2.Ti/c3*1-2-3-4(5)6;/h3*2-3H2,1H3,(H,5,6);. The van der Waals surface area contributed by atoms with Crippen molar-refractivity contribution in [1.29, 1.82) is 0 Å². The van der Waals surface area contributed by atoms with Crippen molar-refractivity contribution >= 4 is 17.9 Å².